The molecule has 3 aromatic carbocycles. The maximum absolute atomic E-state index is 13.6. The zero-order chi connectivity index (χ0) is 23.8. The van der Waals surface area contributed by atoms with Gasteiger partial charge in [-0.15, -0.1) is 0 Å². The van der Waals surface area contributed by atoms with E-state index in [9.17, 15) is 4.79 Å². The number of fused-ring (bicyclic) bond motifs is 1. The SMILES string of the molecule is CN(C)CC1=NCCN1c1ccc(-c2nc3ccc(Cl)cc3c(=O)n2-c2ccc(Cl)cc2)cc1. The van der Waals surface area contributed by atoms with E-state index in [-0.39, 0.29) is 5.56 Å². The van der Waals surface area contributed by atoms with Gasteiger partial charge in [0.15, 0.2) is 0 Å². The van der Waals surface area contributed by atoms with Crippen LogP contribution >= 0.6 is 23.2 Å². The van der Waals surface area contributed by atoms with E-state index < -0.39 is 0 Å². The number of halogens is 2. The van der Waals surface area contributed by atoms with Crippen LogP contribution in [-0.2, 0) is 0 Å². The predicted octanol–water partition coefficient (Wildman–Crippen LogP) is 5.14. The van der Waals surface area contributed by atoms with Crippen molar-refractivity contribution in [1.29, 1.82) is 0 Å². The molecule has 1 aliphatic rings. The number of aromatic nitrogens is 2. The minimum atomic E-state index is -0.186. The number of aliphatic imine (C=N–C) groups is 1. The summed E-state index contributed by atoms with van der Waals surface area (Å²) in [5, 5.41) is 1.55. The van der Waals surface area contributed by atoms with Crippen LogP contribution in [0.5, 0.6) is 0 Å². The van der Waals surface area contributed by atoms with Crippen molar-refractivity contribution >= 4 is 45.6 Å². The number of nitrogens with zero attached hydrogens (tertiary/aromatic N) is 5. The molecule has 2 heterocycles. The largest absolute Gasteiger partial charge is 0.327 e. The fraction of sp³-hybridized carbons (Fsp3) is 0.192. The van der Waals surface area contributed by atoms with Gasteiger partial charge >= 0.3 is 0 Å². The van der Waals surface area contributed by atoms with E-state index in [1.54, 1.807) is 34.9 Å². The Kier molecular flexibility index (Phi) is 6.13. The molecule has 5 rings (SSSR count). The highest BCUT2D eigenvalue weighted by molar-refractivity contribution is 6.31. The van der Waals surface area contributed by atoms with Crippen molar-refractivity contribution in [1.82, 2.24) is 14.5 Å². The summed E-state index contributed by atoms with van der Waals surface area (Å²) in [5.74, 6) is 1.61. The van der Waals surface area contributed by atoms with Gasteiger partial charge in [-0.3, -0.25) is 14.4 Å². The average Bonchev–Trinajstić information content (AvgIpc) is 3.28. The van der Waals surface area contributed by atoms with E-state index in [1.165, 1.54) is 0 Å². The van der Waals surface area contributed by atoms with Crippen molar-refractivity contribution in [2.24, 2.45) is 4.99 Å². The van der Waals surface area contributed by atoms with Crippen LogP contribution in [0.3, 0.4) is 0 Å². The topological polar surface area (TPSA) is 53.7 Å². The summed E-state index contributed by atoms with van der Waals surface area (Å²) < 4.78 is 1.61. The second-order valence-corrected chi connectivity index (χ2v) is 9.32. The lowest BCUT2D eigenvalue weighted by molar-refractivity contribution is 0.468. The Bertz CT molecular complexity index is 1440. The molecule has 0 unspecified atom stereocenters. The Labute approximate surface area is 207 Å². The zero-order valence-electron chi connectivity index (χ0n) is 18.9. The van der Waals surface area contributed by atoms with E-state index in [2.05, 4.69) is 26.9 Å². The third-order valence-electron chi connectivity index (χ3n) is 5.74. The van der Waals surface area contributed by atoms with Crippen molar-refractivity contribution in [2.45, 2.75) is 0 Å². The van der Waals surface area contributed by atoms with Gasteiger partial charge in [0.2, 0.25) is 0 Å². The van der Waals surface area contributed by atoms with Gasteiger partial charge in [-0.1, -0.05) is 23.2 Å². The predicted molar refractivity (Wildman–Crippen MR) is 141 cm³/mol. The second kappa shape index (κ2) is 9.22. The summed E-state index contributed by atoms with van der Waals surface area (Å²) in [4.78, 5) is 27.4. The second-order valence-electron chi connectivity index (χ2n) is 8.45. The smallest absolute Gasteiger partial charge is 0.266 e. The first kappa shape index (κ1) is 22.6. The van der Waals surface area contributed by atoms with Gasteiger partial charge in [-0.25, -0.2) is 4.98 Å². The highest BCUT2D eigenvalue weighted by Crippen LogP contribution is 2.27. The number of hydrogen-bond acceptors (Lipinski definition) is 5. The molecule has 0 bridgehead atoms. The monoisotopic (exact) mass is 491 g/mol. The summed E-state index contributed by atoms with van der Waals surface area (Å²) in [5.41, 5.74) is 2.99. The molecular formula is C26H23Cl2N5O. The Morgan fingerprint density at radius 1 is 0.912 bits per heavy atom. The van der Waals surface area contributed by atoms with E-state index in [0.29, 0.717) is 32.5 Å². The Balaban J connectivity index is 1.62. The molecule has 4 aromatic rings. The first-order valence-electron chi connectivity index (χ1n) is 10.9. The first-order chi connectivity index (χ1) is 16.4. The molecule has 172 valence electrons. The third-order valence-corrected chi connectivity index (χ3v) is 6.23. The molecule has 1 aromatic heterocycles. The quantitative estimate of drug-likeness (QED) is 0.387. The molecule has 0 N–H and O–H groups in total. The lowest BCUT2D eigenvalue weighted by atomic mass is 10.1. The molecule has 0 atom stereocenters. The average molecular weight is 492 g/mol. The number of anilines is 1. The van der Waals surface area contributed by atoms with E-state index in [0.717, 1.165) is 36.7 Å². The molecule has 0 radical (unpaired) electrons. The number of benzene rings is 3. The Morgan fingerprint density at radius 2 is 1.59 bits per heavy atom. The molecular weight excluding hydrogens is 469 g/mol. The van der Waals surface area contributed by atoms with Crippen LogP contribution in [0.25, 0.3) is 28.0 Å². The maximum atomic E-state index is 13.6. The van der Waals surface area contributed by atoms with E-state index in [4.69, 9.17) is 28.2 Å². The van der Waals surface area contributed by atoms with Crippen molar-refractivity contribution in [2.75, 3.05) is 38.6 Å². The minimum Gasteiger partial charge on any atom is -0.327 e. The summed E-state index contributed by atoms with van der Waals surface area (Å²) in [7, 11) is 4.08. The fourth-order valence-electron chi connectivity index (χ4n) is 4.16. The summed E-state index contributed by atoms with van der Waals surface area (Å²) in [6, 6.07) is 20.4. The number of amidine groups is 1. The van der Waals surface area contributed by atoms with Gasteiger partial charge in [-0.05, 0) is 80.8 Å². The lowest BCUT2D eigenvalue weighted by Gasteiger charge is -2.23. The normalized spacial score (nSPS) is 13.7. The molecule has 0 spiro atoms. The zero-order valence-corrected chi connectivity index (χ0v) is 20.4. The van der Waals surface area contributed by atoms with Gasteiger partial charge in [0.1, 0.15) is 11.7 Å². The first-order valence-corrected chi connectivity index (χ1v) is 11.7. The van der Waals surface area contributed by atoms with Crippen molar-refractivity contribution in [3.8, 4) is 17.1 Å². The van der Waals surface area contributed by atoms with E-state index in [1.807, 2.05) is 38.4 Å². The molecule has 8 heteroatoms. The van der Waals surface area contributed by atoms with Crippen molar-refractivity contribution < 1.29 is 0 Å². The van der Waals surface area contributed by atoms with Crippen molar-refractivity contribution in [3.05, 3.63) is 87.1 Å². The minimum absolute atomic E-state index is 0.186. The summed E-state index contributed by atoms with van der Waals surface area (Å²) in [6.07, 6.45) is 0. The summed E-state index contributed by atoms with van der Waals surface area (Å²) >= 11 is 12.3. The van der Waals surface area contributed by atoms with Crippen LogP contribution in [0.4, 0.5) is 5.69 Å². The van der Waals surface area contributed by atoms with Crippen LogP contribution in [0.2, 0.25) is 10.0 Å². The standard InChI is InChI=1S/C26H23Cl2N5O/c1-31(2)16-24-29-13-14-32(24)20-8-3-17(4-9-20)25-30-23-12-7-19(28)15-22(23)26(34)33(25)21-10-5-18(27)6-11-21/h3-12,15H,13-14,16H2,1-2H3. The highest BCUT2D eigenvalue weighted by Gasteiger charge is 2.20. The summed E-state index contributed by atoms with van der Waals surface area (Å²) in [6.45, 7) is 2.43. The number of likely N-dealkylation sites (N-methyl/N-ethyl adjacent to an activating group) is 1. The highest BCUT2D eigenvalue weighted by atomic mass is 35.5. The molecule has 6 nitrogen and oxygen atoms in total. The number of rotatable bonds is 5. The molecule has 1 aliphatic heterocycles. The van der Waals surface area contributed by atoms with Crippen LogP contribution < -0.4 is 10.5 Å². The van der Waals surface area contributed by atoms with Crippen LogP contribution in [0.1, 0.15) is 0 Å². The van der Waals surface area contributed by atoms with Gasteiger partial charge in [-0.2, -0.15) is 0 Å². The molecule has 0 saturated carbocycles. The molecule has 0 amide bonds. The van der Waals surface area contributed by atoms with Gasteiger partial charge in [0, 0.05) is 27.8 Å². The fourth-order valence-corrected chi connectivity index (χ4v) is 4.46. The number of hydrogen-bond donors (Lipinski definition) is 0. The van der Waals surface area contributed by atoms with Crippen molar-refractivity contribution in [3.63, 3.8) is 0 Å². The van der Waals surface area contributed by atoms with Crippen LogP contribution in [0.15, 0.2) is 76.5 Å². The molecule has 0 fully saturated rings. The molecule has 0 saturated heterocycles. The Hall–Kier alpha value is -3.19. The third kappa shape index (κ3) is 4.32. The van der Waals surface area contributed by atoms with Crippen LogP contribution in [0, 0.1) is 0 Å². The molecule has 0 aliphatic carbocycles. The lowest BCUT2D eigenvalue weighted by Crippen LogP contribution is -2.35. The van der Waals surface area contributed by atoms with Gasteiger partial charge in [0.25, 0.3) is 5.56 Å². The Morgan fingerprint density at radius 3 is 2.29 bits per heavy atom. The molecule has 34 heavy (non-hydrogen) atoms. The van der Waals surface area contributed by atoms with Gasteiger partial charge < -0.3 is 9.80 Å². The van der Waals surface area contributed by atoms with Crippen LogP contribution in [-0.4, -0.2) is 54.0 Å². The van der Waals surface area contributed by atoms with E-state index >= 15 is 0 Å². The van der Waals surface area contributed by atoms with Gasteiger partial charge in [0.05, 0.1) is 29.7 Å². The maximum Gasteiger partial charge on any atom is 0.266 e.